The van der Waals surface area contributed by atoms with E-state index in [1.807, 2.05) is 24.5 Å². The Bertz CT molecular complexity index is 424. The molecule has 14 heavy (non-hydrogen) atoms. The lowest BCUT2D eigenvalue weighted by Gasteiger charge is -2.10. The van der Waals surface area contributed by atoms with Crippen molar-refractivity contribution >= 4 is 51.1 Å². The Morgan fingerprint density at radius 1 is 1.07 bits per heavy atom. The number of halogens is 2. The second-order valence-electron chi connectivity index (χ2n) is 2.82. The molecule has 1 aromatic heterocycles. The maximum absolute atomic E-state index is 3.19. The predicted octanol–water partition coefficient (Wildman–Crippen LogP) is 3.84. The SMILES string of the molecule is INc1c(I)cccc1-n1cccc1. The number of benzene rings is 1. The van der Waals surface area contributed by atoms with Gasteiger partial charge in [0.1, 0.15) is 0 Å². The van der Waals surface area contributed by atoms with Gasteiger partial charge in [-0.3, -0.25) is 0 Å². The third-order valence-electron chi connectivity index (χ3n) is 1.97. The Kier molecular flexibility index (Phi) is 3.32. The van der Waals surface area contributed by atoms with Crippen molar-refractivity contribution in [1.82, 2.24) is 4.57 Å². The molecule has 0 radical (unpaired) electrons. The van der Waals surface area contributed by atoms with Gasteiger partial charge in [0.05, 0.1) is 34.2 Å². The first kappa shape index (κ1) is 10.3. The van der Waals surface area contributed by atoms with Crippen LogP contribution in [0.25, 0.3) is 5.69 Å². The number of aromatic nitrogens is 1. The van der Waals surface area contributed by atoms with E-state index in [2.05, 4.69) is 71.8 Å². The molecule has 1 N–H and O–H groups in total. The van der Waals surface area contributed by atoms with Crippen LogP contribution < -0.4 is 3.53 Å². The van der Waals surface area contributed by atoms with E-state index >= 15 is 0 Å². The lowest BCUT2D eigenvalue weighted by molar-refractivity contribution is 1.08. The van der Waals surface area contributed by atoms with Gasteiger partial charge in [-0.1, -0.05) is 6.07 Å². The second-order valence-corrected chi connectivity index (χ2v) is 4.52. The highest BCUT2D eigenvalue weighted by atomic mass is 127. The standard InChI is InChI=1S/C10H8I2N2/c11-8-4-3-5-9(10(8)13-12)14-6-1-2-7-14/h1-7,13H. The molecule has 1 heterocycles. The molecule has 4 heteroatoms. The van der Waals surface area contributed by atoms with E-state index in [1.54, 1.807) is 0 Å². The summed E-state index contributed by atoms with van der Waals surface area (Å²) in [5, 5.41) is 0. The molecule has 0 unspecified atom stereocenters. The van der Waals surface area contributed by atoms with Gasteiger partial charge in [0.25, 0.3) is 0 Å². The van der Waals surface area contributed by atoms with Crippen LogP contribution in [-0.2, 0) is 0 Å². The average molecular weight is 410 g/mol. The van der Waals surface area contributed by atoms with Crippen LogP contribution in [0.5, 0.6) is 0 Å². The van der Waals surface area contributed by atoms with Gasteiger partial charge in [0.15, 0.2) is 0 Å². The normalized spacial score (nSPS) is 10.1. The Hall–Kier alpha value is -0.240. The van der Waals surface area contributed by atoms with E-state index in [0.29, 0.717) is 0 Å². The summed E-state index contributed by atoms with van der Waals surface area (Å²) in [4.78, 5) is 0. The van der Waals surface area contributed by atoms with Crippen molar-refractivity contribution < 1.29 is 0 Å². The van der Waals surface area contributed by atoms with E-state index < -0.39 is 0 Å². The Morgan fingerprint density at radius 3 is 2.43 bits per heavy atom. The molecule has 0 atom stereocenters. The van der Waals surface area contributed by atoms with E-state index in [1.165, 1.54) is 9.26 Å². The van der Waals surface area contributed by atoms with Gasteiger partial charge in [0.2, 0.25) is 0 Å². The van der Waals surface area contributed by atoms with Gasteiger partial charge in [0, 0.05) is 16.0 Å². The molecule has 0 saturated carbocycles. The highest BCUT2D eigenvalue weighted by molar-refractivity contribution is 14.1. The Labute approximate surface area is 110 Å². The highest BCUT2D eigenvalue weighted by Gasteiger charge is 2.05. The van der Waals surface area contributed by atoms with Gasteiger partial charge in [-0.2, -0.15) is 0 Å². The minimum atomic E-state index is 1.16. The fraction of sp³-hybridized carbons (Fsp3) is 0. The summed E-state index contributed by atoms with van der Waals surface area (Å²) in [5.41, 5.74) is 2.33. The van der Waals surface area contributed by atoms with Crippen molar-refractivity contribution in [2.24, 2.45) is 0 Å². The number of nitrogens with one attached hydrogen (secondary N) is 1. The summed E-state index contributed by atoms with van der Waals surface area (Å²) in [6.07, 6.45) is 4.09. The zero-order chi connectivity index (χ0) is 9.97. The van der Waals surface area contributed by atoms with Gasteiger partial charge in [-0.05, 0) is 46.9 Å². The third kappa shape index (κ3) is 1.90. The van der Waals surface area contributed by atoms with Crippen molar-refractivity contribution in [1.29, 1.82) is 0 Å². The minimum absolute atomic E-state index is 1.16. The maximum atomic E-state index is 3.19. The van der Waals surface area contributed by atoms with E-state index in [4.69, 9.17) is 0 Å². The summed E-state index contributed by atoms with van der Waals surface area (Å²) < 4.78 is 6.52. The number of nitrogens with zero attached hydrogens (tertiary/aromatic N) is 1. The third-order valence-corrected chi connectivity index (χ3v) is 3.41. The van der Waals surface area contributed by atoms with Crippen LogP contribution in [-0.4, -0.2) is 4.57 Å². The van der Waals surface area contributed by atoms with Crippen LogP contribution >= 0.6 is 45.5 Å². The molecule has 0 spiro atoms. The minimum Gasteiger partial charge on any atom is -0.326 e. The molecular weight excluding hydrogens is 402 g/mol. The molecule has 1 aromatic carbocycles. The molecule has 0 aliphatic rings. The Balaban J connectivity index is 2.58. The molecule has 0 bridgehead atoms. The molecule has 0 aliphatic heterocycles. The smallest absolute Gasteiger partial charge is 0.0807 e. The lowest BCUT2D eigenvalue weighted by atomic mass is 10.3. The number of rotatable bonds is 2. The topological polar surface area (TPSA) is 17.0 Å². The van der Waals surface area contributed by atoms with Crippen molar-refractivity contribution in [3.8, 4) is 5.69 Å². The molecular formula is C10H8I2N2. The quantitative estimate of drug-likeness (QED) is 0.589. The largest absolute Gasteiger partial charge is 0.326 e. The molecule has 2 nitrogen and oxygen atoms in total. The molecule has 72 valence electrons. The van der Waals surface area contributed by atoms with E-state index in [9.17, 15) is 0 Å². The van der Waals surface area contributed by atoms with Crippen LogP contribution in [0.1, 0.15) is 0 Å². The summed E-state index contributed by atoms with van der Waals surface area (Å²) in [5.74, 6) is 0. The number of para-hydroxylation sites is 1. The molecule has 0 fully saturated rings. The first-order chi connectivity index (χ1) is 6.83. The molecule has 2 rings (SSSR count). The molecule has 0 aliphatic carbocycles. The number of anilines is 1. The highest BCUT2D eigenvalue weighted by Crippen LogP contribution is 2.27. The average Bonchev–Trinajstić information content (AvgIpc) is 2.70. The first-order valence-electron chi connectivity index (χ1n) is 4.11. The van der Waals surface area contributed by atoms with Gasteiger partial charge < -0.3 is 8.10 Å². The van der Waals surface area contributed by atoms with Crippen LogP contribution in [0.15, 0.2) is 42.7 Å². The van der Waals surface area contributed by atoms with E-state index in [0.717, 1.165) is 5.69 Å². The molecule has 2 aromatic rings. The van der Waals surface area contributed by atoms with E-state index in [-0.39, 0.29) is 0 Å². The van der Waals surface area contributed by atoms with Crippen molar-refractivity contribution in [2.75, 3.05) is 3.53 Å². The fourth-order valence-electron chi connectivity index (χ4n) is 1.32. The zero-order valence-electron chi connectivity index (χ0n) is 7.24. The first-order valence-corrected chi connectivity index (χ1v) is 6.27. The number of hydrogen-bond donors (Lipinski definition) is 1. The predicted molar refractivity (Wildman–Crippen MR) is 76.1 cm³/mol. The van der Waals surface area contributed by atoms with Crippen LogP contribution in [0.3, 0.4) is 0 Å². The lowest BCUT2D eigenvalue weighted by Crippen LogP contribution is -1.96. The van der Waals surface area contributed by atoms with Gasteiger partial charge >= 0.3 is 0 Å². The second kappa shape index (κ2) is 4.52. The van der Waals surface area contributed by atoms with Crippen molar-refractivity contribution in [3.63, 3.8) is 0 Å². The van der Waals surface area contributed by atoms with Gasteiger partial charge in [-0.25, -0.2) is 0 Å². The van der Waals surface area contributed by atoms with Crippen LogP contribution in [0.2, 0.25) is 0 Å². The zero-order valence-corrected chi connectivity index (χ0v) is 11.6. The van der Waals surface area contributed by atoms with Gasteiger partial charge in [-0.15, -0.1) is 0 Å². The van der Waals surface area contributed by atoms with Crippen LogP contribution in [0, 0.1) is 3.57 Å². The summed E-state index contributed by atoms with van der Waals surface area (Å²) in [6, 6.07) is 10.3. The number of hydrogen-bond acceptors (Lipinski definition) is 1. The van der Waals surface area contributed by atoms with Crippen molar-refractivity contribution in [3.05, 3.63) is 46.3 Å². The molecule has 0 saturated heterocycles. The molecule has 0 amide bonds. The summed E-state index contributed by atoms with van der Waals surface area (Å²) in [7, 11) is 0. The maximum Gasteiger partial charge on any atom is 0.0807 e. The Morgan fingerprint density at radius 2 is 1.79 bits per heavy atom. The van der Waals surface area contributed by atoms with Crippen molar-refractivity contribution in [2.45, 2.75) is 0 Å². The summed E-state index contributed by atoms with van der Waals surface area (Å²) >= 11 is 4.49. The fourth-order valence-corrected chi connectivity index (χ4v) is 3.02. The summed E-state index contributed by atoms with van der Waals surface area (Å²) in [6.45, 7) is 0. The van der Waals surface area contributed by atoms with Crippen LogP contribution in [0.4, 0.5) is 5.69 Å². The monoisotopic (exact) mass is 410 g/mol.